The summed E-state index contributed by atoms with van der Waals surface area (Å²) >= 11 is 0. The summed E-state index contributed by atoms with van der Waals surface area (Å²) in [6.45, 7) is 8.20. The van der Waals surface area contributed by atoms with Gasteiger partial charge in [-0.05, 0) is 25.2 Å². The summed E-state index contributed by atoms with van der Waals surface area (Å²) in [7, 11) is 1.97. The predicted molar refractivity (Wildman–Crippen MR) is 67.8 cm³/mol. The first-order valence-corrected chi connectivity index (χ1v) is 6.37. The van der Waals surface area contributed by atoms with Gasteiger partial charge in [0.25, 0.3) is 0 Å². The van der Waals surface area contributed by atoms with Crippen molar-refractivity contribution < 1.29 is 4.74 Å². The first kappa shape index (κ1) is 12.6. The molecule has 0 amide bonds. The third kappa shape index (κ3) is 3.30. The number of aromatic nitrogens is 2. The third-order valence-electron chi connectivity index (χ3n) is 3.68. The average Bonchev–Trinajstić information content (AvgIpc) is 2.58. The van der Waals surface area contributed by atoms with E-state index in [1.807, 2.05) is 11.7 Å². The van der Waals surface area contributed by atoms with E-state index in [1.165, 1.54) is 5.56 Å². The lowest BCUT2D eigenvalue weighted by molar-refractivity contribution is 0.0240. The van der Waals surface area contributed by atoms with Crippen LogP contribution in [0.5, 0.6) is 0 Å². The molecule has 1 aliphatic rings. The zero-order valence-corrected chi connectivity index (χ0v) is 11.1. The molecule has 1 aliphatic heterocycles. The van der Waals surface area contributed by atoms with Crippen molar-refractivity contribution >= 4 is 0 Å². The molecule has 0 radical (unpaired) electrons. The van der Waals surface area contributed by atoms with Crippen LogP contribution < -0.4 is 5.32 Å². The zero-order chi connectivity index (χ0) is 12.3. The van der Waals surface area contributed by atoms with Crippen molar-refractivity contribution in [3.05, 3.63) is 17.5 Å². The lowest BCUT2D eigenvalue weighted by atomic mass is 9.82. The van der Waals surface area contributed by atoms with Crippen LogP contribution in [0.2, 0.25) is 0 Å². The smallest absolute Gasteiger partial charge is 0.0638 e. The van der Waals surface area contributed by atoms with Crippen LogP contribution in [0.25, 0.3) is 0 Å². The second-order valence-electron chi connectivity index (χ2n) is 5.44. The molecule has 2 heterocycles. The highest BCUT2D eigenvalue weighted by Crippen LogP contribution is 2.28. The van der Waals surface area contributed by atoms with Crippen LogP contribution in [0.1, 0.15) is 31.0 Å². The van der Waals surface area contributed by atoms with E-state index >= 15 is 0 Å². The summed E-state index contributed by atoms with van der Waals surface area (Å²) in [5, 5.41) is 7.91. The van der Waals surface area contributed by atoms with Gasteiger partial charge in [0.2, 0.25) is 0 Å². The van der Waals surface area contributed by atoms with Gasteiger partial charge in [-0.2, -0.15) is 5.10 Å². The van der Waals surface area contributed by atoms with E-state index in [1.54, 1.807) is 0 Å². The molecule has 17 heavy (non-hydrogen) atoms. The summed E-state index contributed by atoms with van der Waals surface area (Å²) in [6.07, 6.45) is 4.41. The molecule has 0 saturated carbocycles. The van der Waals surface area contributed by atoms with E-state index in [0.29, 0.717) is 5.41 Å². The van der Waals surface area contributed by atoms with Gasteiger partial charge in [-0.15, -0.1) is 0 Å². The van der Waals surface area contributed by atoms with E-state index < -0.39 is 0 Å². The third-order valence-corrected chi connectivity index (χ3v) is 3.68. The molecular weight excluding hydrogens is 214 g/mol. The maximum absolute atomic E-state index is 5.41. The number of ether oxygens (including phenoxy) is 1. The monoisotopic (exact) mass is 237 g/mol. The maximum atomic E-state index is 5.41. The minimum atomic E-state index is 0.397. The summed E-state index contributed by atoms with van der Waals surface area (Å²) in [5.74, 6) is 0. The number of nitrogens with zero attached hydrogens (tertiary/aromatic N) is 2. The molecule has 1 N–H and O–H groups in total. The second-order valence-corrected chi connectivity index (χ2v) is 5.44. The SMILES string of the molecule is Cc1nn(C)cc1CNCC1(C)CCOCC1. The van der Waals surface area contributed by atoms with Gasteiger partial charge in [0.05, 0.1) is 5.69 Å². The number of nitrogens with one attached hydrogen (secondary N) is 1. The van der Waals surface area contributed by atoms with Crippen molar-refractivity contribution in [2.24, 2.45) is 12.5 Å². The average molecular weight is 237 g/mol. The molecule has 1 aromatic heterocycles. The molecule has 2 rings (SSSR count). The molecular formula is C13H23N3O. The Morgan fingerprint density at radius 1 is 1.47 bits per heavy atom. The molecule has 1 saturated heterocycles. The van der Waals surface area contributed by atoms with E-state index in [0.717, 1.165) is 44.8 Å². The number of aryl methyl sites for hydroxylation is 2. The highest BCUT2D eigenvalue weighted by Gasteiger charge is 2.26. The Hall–Kier alpha value is -0.870. The molecule has 0 aliphatic carbocycles. The minimum Gasteiger partial charge on any atom is -0.381 e. The second kappa shape index (κ2) is 5.19. The Kier molecular flexibility index (Phi) is 3.84. The fourth-order valence-corrected chi connectivity index (χ4v) is 2.36. The van der Waals surface area contributed by atoms with E-state index in [-0.39, 0.29) is 0 Å². The van der Waals surface area contributed by atoms with Crippen molar-refractivity contribution in [3.63, 3.8) is 0 Å². The molecule has 1 aromatic rings. The van der Waals surface area contributed by atoms with Crippen molar-refractivity contribution in [1.29, 1.82) is 0 Å². The Labute approximate surface area is 103 Å². The highest BCUT2D eigenvalue weighted by molar-refractivity contribution is 5.14. The maximum Gasteiger partial charge on any atom is 0.0638 e. The predicted octanol–water partition coefficient (Wildman–Crippen LogP) is 1.63. The van der Waals surface area contributed by atoms with E-state index in [4.69, 9.17) is 4.74 Å². The van der Waals surface area contributed by atoms with Crippen molar-refractivity contribution in [2.75, 3.05) is 19.8 Å². The van der Waals surface area contributed by atoms with Crippen LogP contribution >= 0.6 is 0 Å². The van der Waals surface area contributed by atoms with Gasteiger partial charge in [-0.1, -0.05) is 6.92 Å². The zero-order valence-electron chi connectivity index (χ0n) is 11.1. The minimum absolute atomic E-state index is 0.397. The van der Waals surface area contributed by atoms with Crippen molar-refractivity contribution in [1.82, 2.24) is 15.1 Å². The number of hydrogen-bond donors (Lipinski definition) is 1. The highest BCUT2D eigenvalue weighted by atomic mass is 16.5. The molecule has 0 atom stereocenters. The van der Waals surface area contributed by atoms with Gasteiger partial charge in [0.1, 0.15) is 0 Å². The van der Waals surface area contributed by atoms with Gasteiger partial charge in [-0.25, -0.2) is 0 Å². The molecule has 0 bridgehead atoms. The van der Waals surface area contributed by atoms with E-state index in [9.17, 15) is 0 Å². The standard InChI is InChI=1S/C13H23N3O/c1-11-12(9-16(3)15-11)8-14-10-13(2)4-6-17-7-5-13/h9,14H,4-8,10H2,1-3H3. The molecule has 0 unspecified atom stereocenters. The van der Waals surface area contributed by atoms with Gasteiger partial charge >= 0.3 is 0 Å². The molecule has 4 nitrogen and oxygen atoms in total. The molecule has 96 valence electrons. The largest absolute Gasteiger partial charge is 0.381 e. The first-order valence-electron chi connectivity index (χ1n) is 6.37. The molecule has 4 heteroatoms. The lowest BCUT2D eigenvalue weighted by Crippen LogP contribution is -2.36. The topological polar surface area (TPSA) is 39.1 Å². The Bertz CT molecular complexity index is 367. The summed E-state index contributed by atoms with van der Waals surface area (Å²) in [4.78, 5) is 0. The van der Waals surface area contributed by atoms with Crippen LogP contribution in [0, 0.1) is 12.3 Å². The van der Waals surface area contributed by atoms with E-state index in [2.05, 4.69) is 30.5 Å². The lowest BCUT2D eigenvalue weighted by Gasteiger charge is -2.33. The normalized spacial score (nSPS) is 19.5. The fraction of sp³-hybridized carbons (Fsp3) is 0.769. The Morgan fingerprint density at radius 2 is 2.18 bits per heavy atom. The molecule has 0 aromatic carbocycles. The quantitative estimate of drug-likeness (QED) is 0.865. The van der Waals surface area contributed by atoms with Crippen molar-refractivity contribution in [2.45, 2.75) is 33.2 Å². The first-order chi connectivity index (χ1) is 8.09. The summed E-state index contributed by atoms with van der Waals surface area (Å²) in [6, 6.07) is 0. The molecule has 1 fully saturated rings. The van der Waals surface area contributed by atoms with Gasteiger partial charge in [-0.3, -0.25) is 4.68 Å². The van der Waals surface area contributed by atoms with Crippen LogP contribution in [0.15, 0.2) is 6.20 Å². The van der Waals surface area contributed by atoms with Crippen LogP contribution in [0.3, 0.4) is 0 Å². The van der Waals surface area contributed by atoms with Crippen molar-refractivity contribution in [3.8, 4) is 0 Å². The van der Waals surface area contributed by atoms with Gasteiger partial charge < -0.3 is 10.1 Å². The van der Waals surface area contributed by atoms with Crippen LogP contribution in [0.4, 0.5) is 0 Å². The number of hydrogen-bond acceptors (Lipinski definition) is 3. The summed E-state index contributed by atoms with van der Waals surface area (Å²) in [5.41, 5.74) is 2.81. The Morgan fingerprint density at radius 3 is 2.76 bits per heavy atom. The fourth-order valence-electron chi connectivity index (χ4n) is 2.36. The van der Waals surface area contributed by atoms with Gasteiger partial charge in [0.15, 0.2) is 0 Å². The van der Waals surface area contributed by atoms with Gasteiger partial charge in [0, 0.05) is 45.1 Å². The van der Waals surface area contributed by atoms with Crippen LogP contribution in [-0.4, -0.2) is 29.5 Å². The summed E-state index contributed by atoms with van der Waals surface area (Å²) < 4.78 is 7.29. The molecule has 0 spiro atoms. The Balaban J connectivity index is 1.81. The van der Waals surface area contributed by atoms with Crippen LogP contribution in [-0.2, 0) is 18.3 Å². The number of rotatable bonds is 4.